The number of halogens is 3. The number of hydrogen-bond donors (Lipinski definition) is 1. The molecule has 1 saturated heterocycles. The number of amidine groups is 1. The lowest BCUT2D eigenvalue weighted by atomic mass is 9.97. The van der Waals surface area contributed by atoms with E-state index in [4.69, 9.17) is 5.41 Å². The molecule has 1 atom stereocenters. The fourth-order valence-corrected chi connectivity index (χ4v) is 3.81. The number of nitrogens with zero attached hydrogens (tertiary/aromatic N) is 5. The van der Waals surface area contributed by atoms with E-state index in [1.807, 2.05) is 4.90 Å². The van der Waals surface area contributed by atoms with E-state index in [0.29, 0.717) is 24.7 Å². The summed E-state index contributed by atoms with van der Waals surface area (Å²) in [5.41, 5.74) is 0. The van der Waals surface area contributed by atoms with Gasteiger partial charge in [0, 0.05) is 26.1 Å². The first-order valence-electron chi connectivity index (χ1n) is 9.28. The maximum absolute atomic E-state index is 12.9. The molecule has 6 nitrogen and oxygen atoms in total. The van der Waals surface area contributed by atoms with Crippen molar-refractivity contribution in [3.63, 3.8) is 0 Å². The second-order valence-corrected chi connectivity index (χ2v) is 7.75. The van der Waals surface area contributed by atoms with Crippen LogP contribution in [0.4, 0.5) is 13.2 Å². The SMILES string of the molecule is CC1CCN(C[C@@H](C)CC(=N)N2CCn3c(nnc3C(F)(F)F)C2)CC1. The van der Waals surface area contributed by atoms with Crippen LogP contribution in [-0.2, 0) is 19.3 Å². The second kappa shape index (κ2) is 7.54. The van der Waals surface area contributed by atoms with E-state index < -0.39 is 12.0 Å². The average Bonchev–Trinajstić information content (AvgIpc) is 3.00. The minimum absolute atomic E-state index is 0.165. The van der Waals surface area contributed by atoms with Crippen molar-refractivity contribution >= 4 is 5.84 Å². The summed E-state index contributed by atoms with van der Waals surface area (Å²) in [5.74, 6) is 0.969. The highest BCUT2D eigenvalue weighted by Crippen LogP contribution is 2.29. The van der Waals surface area contributed by atoms with Gasteiger partial charge in [-0.15, -0.1) is 10.2 Å². The zero-order chi connectivity index (χ0) is 18.9. The molecule has 0 radical (unpaired) electrons. The summed E-state index contributed by atoms with van der Waals surface area (Å²) in [4.78, 5) is 4.28. The molecule has 0 aromatic carbocycles. The van der Waals surface area contributed by atoms with Gasteiger partial charge in [0.2, 0.25) is 5.82 Å². The fourth-order valence-electron chi connectivity index (χ4n) is 3.81. The van der Waals surface area contributed by atoms with Gasteiger partial charge < -0.3 is 14.4 Å². The van der Waals surface area contributed by atoms with Crippen LogP contribution < -0.4 is 0 Å². The lowest BCUT2D eigenvalue weighted by molar-refractivity contribution is -0.147. The summed E-state index contributed by atoms with van der Waals surface area (Å²) in [6, 6.07) is 0. The summed E-state index contributed by atoms with van der Waals surface area (Å²) in [5, 5.41) is 15.3. The maximum Gasteiger partial charge on any atom is 0.451 e. The van der Waals surface area contributed by atoms with Gasteiger partial charge in [-0.2, -0.15) is 13.2 Å². The van der Waals surface area contributed by atoms with Crippen LogP contribution in [0.5, 0.6) is 0 Å². The third kappa shape index (κ3) is 4.36. The van der Waals surface area contributed by atoms with Crippen molar-refractivity contribution in [2.24, 2.45) is 11.8 Å². The molecule has 1 aromatic heterocycles. The average molecular weight is 372 g/mol. The fraction of sp³-hybridized carbons (Fsp3) is 0.824. The standard InChI is InChI=1S/C17H27F3N6/c1-12-3-5-24(6-4-12)10-13(2)9-14(21)25-7-8-26-15(11-25)22-23-16(26)17(18,19)20/h12-13,21H,3-11H2,1-2H3/t13-/m0/s1. The van der Waals surface area contributed by atoms with Gasteiger partial charge in [0.1, 0.15) is 0 Å². The molecule has 1 fully saturated rings. The van der Waals surface area contributed by atoms with Crippen LogP contribution in [0.25, 0.3) is 0 Å². The Hall–Kier alpha value is -1.64. The van der Waals surface area contributed by atoms with Crippen molar-refractivity contribution in [2.75, 3.05) is 26.2 Å². The molecule has 0 aliphatic carbocycles. The van der Waals surface area contributed by atoms with Crippen LogP contribution >= 0.6 is 0 Å². The van der Waals surface area contributed by atoms with E-state index in [9.17, 15) is 13.2 Å². The highest BCUT2D eigenvalue weighted by molar-refractivity contribution is 5.79. The van der Waals surface area contributed by atoms with E-state index in [0.717, 1.165) is 30.1 Å². The number of alkyl halides is 3. The van der Waals surface area contributed by atoms with E-state index in [-0.39, 0.29) is 18.9 Å². The van der Waals surface area contributed by atoms with Gasteiger partial charge in [-0.05, 0) is 37.8 Å². The zero-order valence-electron chi connectivity index (χ0n) is 15.4. The summed E-state index contributed by atoms with van der Waals surface area (Å²) >= 11 is 0. The van der Waals surface area contributed by atoms with Gasteiger partial charge in [0.25, 0.3) is 0 Å². The van der Waals surface area contributed by atoms with E-state index in [1.165, 1.54) is 12.8 Å². The first-order valence-corrected chi connectivity index (χ1v) is 9.28. The van der Waals surface area contributed by atoms with Gasteiger partial charge in [0.15, 0.2) is 5.82 Å². The largest absolute Gasteiger partial charge is 0.451 e. The summed E-state index contributed by atoms with van der Waals surface area (Å²) in [6.07, 6.45) is -1.39. The third-order valence-electron chi connectivity index (χ3n) is 5.38. The van der Waals surface area contributed by atoms with Crippen LogP contribution in [0.15, 0.2) is 0 Å². The number of likely N-dealkylation sites (tertiary alicyclic amines) is 1. The van der Waals surface area contributed by atoms with Crippen molar-refractivity contribution in [1.29, 1.82) is 5.41 Å². The molecule has 3 rings (SSSR count). The smallest absolute Gasteiger partial charge is 0.351 e. The Morgan fingerprint density at radius 3 is 2.54 bits per heavy atom. The normalized spacial score (nSPS) is 20.9. The van der Waals surface area contributed by atoms with Gasteiger partial charge >= 0.3 is 6.18 Å². The Kier molecular flexibility index (Phi) is 5.55. The van der Waals surface area contributed by atoms with Crippen LogP contribution in [0.2, 0.25) is 0 Å². The van der Waals surface area contributed by atoms with Gasteiger partial charge in [-0.3, -0.25) is 5.41 Å². The molecule has 26 heavy (non-hydrogen) atoms. The van der Waals surface area contributed by atoms with Gasteiger partial charge in [-0.1, -0.05) is 13.8 Å². The molecule has 1 aromatic rings. The van der Waals surface area contributed by atoms with Crippen molar-refractivity contribution in [2.45, 2.75) is 52.4 Å². The zero-order valence-corrected chi connectivity index (χ0v) is 15.4. The lowest BCUT2D eigenvalue weighted by Gasteiger charge is -2.34. The number of nitrogens with one attached hydrogen (secondary N) is 1. The third-order valence-corrected chi connectivity index (χ3v) is 5.38. The molecule has 2 aliphatic heterocycles. The molecular formula is C17H27F3N6. The molecule has 0 spiro atoms. The van der Waals surface area contributed by atoms with Crippen LogP contribution in [0.1, 0.15) is 44.8 Å². The molecule has 3 heterocycles. The number of hydrogen-bond acceptors (Lipinski definition) is 4. The Morgan fingerprint density at radius 2 is 1.88 bits per heavy atom. The van der Waals surface area contributed by atoms with Crippen molar-refractivity contribution in [3.05, 3.63) is 11.6 Å². The quantitative estimate of drug-likeness (QED) is 0.652. The van der Waals surface area contributed by atoms with Crippen molar-refractivity contribution in [1.82, 2.24) is 24.6 Å². The molecule has 0 bridgehead atoms. The molecule has 1 N–H and O–H groups in total. The summed E-state index contributed by atoms with van der Waals surface area (Å²) < 4.78 is 39.8. The lowest BCUT2D eigenvalue weighted by Crippen LogP contribution is -2.41. The van der Waals surface area contributed by atoms with Crippen molar-refractivity contribution in [3.8, 4) is 0 Å². The molecule has 0 unspecified atom stereocenters. The van der Waals surface area contributed by atoms with Gasteiger partial charge in [0.05, 0.1) is 12.4 Å². The monoisotopic (exact) mass is 372 g/mol. The first kappa shape index (κ1) is 19.1. The molecule has 0 saturated carbocycles. The van der Waals surface area contributed by atoms with E-state index >= 15 is 0 Å². The Labute approximate surface area is 151 Å². The molecule has 0 amide bonds. The Bertz CT molecular complexity index is 633. The van der Waals surface area contributed by atoms with E-state index in [2.05, 4.69) is 28.9 Å². The van der Waals surface area contributed by atoms with Gasteiger partial charge in [-0.25, -0.2) is 0 Å². The maximum atomic E-state index is 12.9. The number of aromatic nitrogens is 3. The summed E-state index contributed by atoms with van der Waals surface area (Å²) in [6.45, 7) is 8.40. The Balaban J connectivity index is 1.52. The predicted octanol–water partition coefficient (Wildman–Crippen LogP) is 2.85. The van der Waals surface area contributed by atoms with Crippen LogP contribution in [-0.4, -0.2) is 56.6 Å². The number of rotatable bonds is 4. The second-order valence-electron chi connectivity index (χ2n) is 7.75. The first-order chi connectivity index (χ1) is 12.2. The predicted molar refractivity (Wildman–Crippen MR) is 91.8 cm³/mol. The number of piperidine rings is 1. The highest BCUT2D eigenvalue weighted by Gasteiger charge is 2.39. The molecule has 9 heteroatoms. The molecule has 2 aliphatic rings. The van der Waals surface area contributed by atoms with Crippen LogP contribution in [0, 0.1) is 17.2 Å². The highest BCUT2D eigenvalue weighted by atomic mass is 19.4. The van der Waals surface area contributed by atoms with E-state index in [1.54, 1.807) is 0 Å². The minimum atomic E-state index is -4.48. The molecular weight excluding hydrogens is 345 g/mol. The molecule has 146 valence electrons. The van der Waals surface area contributed by atoms with Crippen LogP contribution in [0.3, 0.4) is 0 Å². The van der Waals surface area contributed by atoms with Crippen molar-refractivity contribution < 1.29 is 13.2 Å². The minimum Gasteiger partial charge on any atom is -0.351 e. The summed E-state index contributed by atoms with van der Waals surface area (Å²) in [7, 11) is 0. The topological polar surface area (TPSA) is 61.0 Å². The number of fused-ring (bicyclic) bond motifs is 1. The Morgan fingerprint density at radius 1 is 1.19 bits per heavy atom.